The van der Waals surface area contributed by atoms with Crippen LogP contribution >= 0.6 is 11.3 Å². The van der Waals surface area contributed by atoms with Crippen LogP contribution in [0.5, 0.6) is 5.75 Å². The molecule has 2 aromatic carbocycles. The van der Waals surface area contributed by atoms with Crippen molar-refractivity contribution in [3.63, 3.8) is 0 Å². The number of azo groups is 1. The Morgan fingerprint density at radius 1 is 0.923 bits per heavy atom. The second-order valence-corrected chi connectivity index (χ2v) is 7.13. The van der Waals surface area contributed by atoms with Gasteiger partial charge in [0, 0.05) is 22.3 Å². The first kappa shape index (κ1) is 18.5. The molecule has 0 aliphatic carbocycles. The lowest BCUT2D eigenvalue weighted by Crippen LogP contribution is -1.98. The first-order valence-corrected chi connectivity index (χ1v) is 10.2. The molecule has 1 aromatic heterocycles. The second kappa shape index (κ2) is 10.0. The highest BCUT2D eigenvalue weighted by Gasteiger charge is 2.06. The van der Waals surface area contributed by atoms with E-state index in [0.29, 0.717) is 5.13 Å². The summed E-state index contributed by atoms with van der Waals surface area (Å²) in [6.45, 7) is 3.00. The predicted molar refractivity (Wildman–Crippen MR) is 109 cm³/mol. The van der Waals surface area contributed by atoms with Gasteiger partial charge in [-0.3, -0.25) is 0 Å². The zero-order chi connectivity index (χ0) is 18.0. The molecule has 0 spiro atoms. The fourth-order valence-corrected chi connectivity index (χ4v) is 3.35. The van der Waals surface area contributed by atoms with Crippen molar-refractivity contribution in [2.45, 2.75) is 45.4 Å². The SMILES string of the molecule is CCCCCCCCOc1ccc(N=Nc2nccs2)c2ccccc12. The highest BCUT2D eigenvalue weighted by atomic mass is 32.1. The van der Waals surface area contributed by atoms with Crippen LogP contribution in [0.4, 0.5) is 10.8 Å². The number of benzene rings is 2. The fourth-order valence-electron chi connectivity index (χ4n) is 2.90. The normalized spacial score (nSPS) is 11.4. The number of ether oxygens (including phenoxy) is 1. The van der Waals surface area contributed by atoms with Gasteiger partial charge in [-0.25, -0.2) is 4.98 Å². The molecule has 0 saturated carbocycles. The maximum absolute atomic E-state index is 6.05. The molecule has 0 fully saturated rings. The van der Waals surface area contributed by atoms with Crippen LogP contribution in [0.2, 0.25) is 0 Å². The van der Waals surface area contributed by atoms with Crippen LogP contribution in [0.1, 0.15) is 45.4 Å². The summed E-state index contributed by atoms with van der Waals surface area (Å²) in [7, 11) is 0. The van der Waals surface area contributed by atoms with Crippen molar-refractivity contribution in [1.29, 1.82) is 0 Å². The Morgan fingerprint density at radius 2 is 1.73 bits per heavy atom. The van der Waals surface area contributed by atoms with E-state index >= 15 is 0 Å². The molecule has 26 heavy (non-hydrogen) atoms. The summed E-state index contributed by atoms with van der Waals surface area (Å²) in [5.41, 5.74) is 0.836. The molecule has 136 valence electrons. The van der Waals surface area contributed by atoms with Gasteiger partial charge in [0.05, 0.1) is 12.3 Å². The molecule has 0 amide bonds. The number of rotatable bonds is 10. The van der Waals surface area contributed by atoms with Gasteiger partial charge in [0.15, 0.2) is 0 Å². The van der Waals surface area contributed by atoms with Crippen molar-refractivity contribution in [1.82, 2.24) is 4.98 Å². The number of fused-ring (bicyclic) bond motifs is 1. The lowest BCUT2D eigenvalue weighted by Gasteiger charge is -2.10. The predicted octanol–water partition coefficient (Wildman–Crippen LogP) is 7.45. The number of hydrogen-bond donors (Lipinski definition) is 0. The van der Waals surface area contributed by atoms with E-state index in [-0.39, 0.29) is 0 Å². The molecule has 0 N–H and O–H groups in total. The van der Waals surface area contributed by atoms with Crippen LogP contribution in [-0.2, 0) is 0 Å². The smallest absolute Gasteiger partial charge is 0.229 e. The number of thiazole rings is 1. The number of hydrogen-bond acceptors (Lipinski definition) is 5. The highest BCUT2D eigenvalue weighted by Crippen LogP contribution is 2.34. The van der Waals surface area contributed by atoms with Crippen LogP contribution in [0.3, 0.4) is 0 Å². The molecule has 1 heterocycles. The largest absolute Gasteiger partial charge is 0.493 e. The van der Waals surface area contributed by atoms with Crippen LogP contribution < -0.4 is 4.74 Å². The van der Waals surface area contributed by atoms with Crippen molar-refractivity contribution in [2.24, 2.45) is 10.2 Å². The van der Waals surface area contributed by atoms with Gasteiger partial charge in [-0.2, -0.15) is 0 Å². The molecular formula is C21H25N3OS. The quantitative estimate of drug-likeness (QED) is 0.276. The second-order valence-electron chi connectivity index (χ2n) is 6.26. The van der Waals surface area contributed by atoms with Crippen molar-refractivity contribution >= 4 is 32.9 Å². The van der Waals surface area contributed by atoms with Gasteiger partial charge >= 0.3 is 0 Å². The van der Waals surface area contributed by atoms with E-state index in [9.17, 15) is 0 Å². The lowest BCUT2D eigenvalue weighted by molar-refractivity contribution is 0.308. The Morgan fingerprint density at radius 3 is 2.54 bits per heavy atom. The lowest BCUT2D eigenvalue weighted by atomic mass is 10.1. The Kier molecular flexibility index (Phi) is 7.14. The van der Waals surface area contributed by atoms with E-state index in [0.717, 1.165) is 35.2 Å². The Labute approximate surface area is 159 Å². The molecule has 0 unspecified atom stereocenters. The molecule has 5 heteroatoms. The third kappa shape index (κ3) is 5.11. The number of unbranched alkanes of at least 4 members (excludes halogenated alkanes) is 5. The first-order chi connectivity index (χ1) is 12.9. The van der Waals surface area contributed by atoms with Crippen molar-refractivity contribution in [2.75, 3.05) is 6.61 Å². The van der Waals surface area contributed by atoms with E-state index in [2.05, 4.69) is 34.3 Å². The average molecular weight is 368 g/mol. The minimum Gasteiger partial charge on any atom is -0.493 e. The summed E-state index contributed by atoms with van der Waals surface area (Å²) in [6.07, 6.45) is 9.32. The van der Waals surface area contributed by atoms with Gasteiger partial charge in [-0.1, -0.05) is 63.3 Å². The summed E-state index contributed by atoms with van der Waals surface area (Å²) < 4.78 is 6.05. The third-order valence-corrected chi connectivity index (χ3v) is 4.93. The van der Waals surface area contributed by atoms with Gasteiger partial charge in [-0.15, -0.1) is 21.6 Å². The first-order valence-electron chi connectivity index (χ1n) is 9.34. The van der Waals surface area contributed by atoms with E-state index in [1.165, 1.54) is 43.4 Å². The maximum Gasteiger partial charge on any atom is 0.229 e. The minimum atomic E-state index is 0.664. The Balaban J connectivity index is 1.65. The monoisotopic (exact) mass is 367 g/mol. The molecule has 0 bridgehead atoms. The topological polar surface area (TPSA) is 46.8 Å². The van der Waals surface area contributed by atoms with Gasteiger partial charge in [-0.05, 0) is 18.6 Å². The summed E-state index contributed by atoms with van der Waals surface area (Å²) in [5, 5.41) is 13.3. The van der Waals surface area contributed by atoms with Crippen molar-refractivity contribution < 1.29 is 4.74 Å². The summed E-state index contributed by atoms with van der Waals surface area (Å²) in [5.74, 6) is 0.919. The zero-order valence-corrected chi connectivity index (χ0v) is 16.0. The minimum absolute atomic E-state index is 0.664. The molecule has 0 radical (unpaired) electrons. The molecule has 4 nitrogen and oxygen atoms in total. The fraction of sp³-hybridized carbons (Fsp3) is 0.381. The third-order valence-electron chi connectivity index (χ3n) is 4.28. The van der Waals surface area contributed by atoms with Gasteiger partial charge < -0.3 is 4.74 Å². The summed E-state index contributed by atoms with van der Waals surface area (Å²) in [6, 6.07) is 12.1. The van der Waals surface area contributed by atoms with Gasteiger partial charge in [0.25, 0.3) is 0 Å². The van der Waals surface area contributed by atoms with E-state index in [4.69, 9.17) is 4.74 Å². The summed E-state index contributed by atoms with van der Waals surface area (Å²) in [4.78, 5) is 4.14. The van der Waals surface area contributed by atoms with Crippen LogP contribution in [-0.4, -0.2) is 11.6 Å². The van der Waals surface area contributed by atoms with Crippen LogP contribution in [0, 0.1) is 0 Å². The molecular weight excluding hydrogens is 342 g/mol. The zero-order valence-electron chi connectivity index (χ0n) is 15.2. The van der Waals surface area contributed by atoms with Gasteiger partial charge in [0.2, 0.25) is 5.13 Å². The van der Waals surface area contributed by atoms with Crippen molar-refractivity contribution in [3.8, 4) is 5.75 Å². The average Bonchev–Trinajstić information content (AvgIpc) is 3.20. The Hall–Kier alpha value is -2.27. The van der Waals surface area contributed by atoms with Gasteiger partial charge in [0.1, 0.15) is 5.75 Å². The maximum atomic E-state index is 6.05. The Bertz CT molecular complexity index is 830. The standard InChI is InChI=1S/C21H25N3OS/c1-2-3-4-5-6-9-15-25-20-13-12-19(17-10-7-8-11-18(17)20)23-24-21-22-14-16-26-21/h7-8,10-14,16H,2-6,9,15H2,1H3. The molecule has 0 atom stereocenters. The van der Waals surface area contributed by atoms with Crippen LogP contribution in [0.15, 0.2) is 58.2 Å². The molecule has 0 saturated heterocycles. The van der Waals surface area contributed by atoms with Crippen LogP contribution in [0.25, 0.3) is 10.8 Å². The van der Waals surface area contributed by atoms with E-state index < -0.39 is 0 Å². The van der Waals surface area contributed by atoms with Crippen molar-refractivity contribution in [3.05, 3.63) is 48.0 Å². The van der Waals surface area contributed by atoms with E-state index in [1.807, 2.05) is 29.6 Å². The molecule has 0 aliphatic heterocycles. The molecule has 3 aromatic rings. The summed E-state index contributed by atoms with van der Waals surface area (Å²) >= 11 is 1.47. The van der Waals surface area contributed by atoms with E-state index in [1.54, 1.807) is 6.20 Å². The highest BCUT2D eigenvalue weighted by molar-refractivity contribution is 7.13. The number of nitrogens with zero attached hydrogens (tertiary/aromatic N) is 3. The molecule has 3 rings (SSSR count). The number of aromatic nitrogens is 1. The molecule has 0 aliphatic rings.